The zero-order chi connectivity index (χ0) is 17.2. The largest absolute Gasteiger partial charge is 0.312 e. The molecule has 7 heteroatoms. The van der Waals surface area contributed by atoms with Crippen LogP contribution in [0.1, 0.15) is 12.0 Å². The van der Waals surface area contributed by atoms with E-state index in [0.29, 0.717) is 0 Å². The summed E-state index contributed by atoms with van der Waals surface area (Å²) in [5.74, 6) is -0.257. The third-order valence-corrected chi connectivity index (χ3v) is 4.98. The lowest BCUT2D eigenvalue weighted by Gasteiger charge is -2.20. The van der Waals surface area contributed by atoms with Gasteiger partial charge in [-0.25, -0.2) is 17.5 Å². The van der Waals surface area contributed by atoms with Crippen molar-refractivity contribution >= 4 is 22.4 Å². The minimum atomic E-state index is -3.22. The zero-order valence-corrected chi connectivity index (χ0v) is 15.5. The molecule has 1 saturated heterocycles. The molecule has 2 atom stereocenters. The number of hydrogen-bond donors (Lipinski definition) is 2. The van der Waals surface area contributed by atoms with Gasteiger partial charge in [0.05, 0.1) is 6.26 Å². The van der Waals surface area contributed by atoms with Gasteiger partial charge in [0, 0.05) is 12.1 Å². The first-order valence-corrected chi connectivity index (χ1v) is 9.85. The van der Waals surface area contributed by atoms with Gasteiger partial charge in [-0.2, -0.15) is 0 Å². The molecule has 1 aliphatic rings. The fraction of sp³-hybridized carbons (Fsp3) is 0.333. The smallest absolute Gasteiger partial charge is 0.209 e. The van der Waals surface area contributed by atoms with Crippen molar-refractivity contribution in [2.24, 2.45) is 0 Å². The van der Waals surface area contributed by atoms with E-state index in [2.05, 4.69) is 10.0 Å². The summed E-state index contributed by atoms with van der Waals surface area (Å²) in [6.45, 7) is 0.793. The Bertz CT molecular complexity index is 829. The van der Waals surface area contributed by atoms with Gasteiger partial charge in [-0.05, 0) is 48.2 Å². The van der Waals surface area contributed by atoms with Crippen LogP contribution in [0.3, 0.4) is 0 Å². The standard InChI is InChI=1S/C18H21FN2O2S.ClH/c1-24(22,23)21-17-8-9-20-18(17)11-13-4-2-5-14(10-13)15-6-3-7-16(19)12-15;/h2-7,10,12,17-18,20-21H,8-9,11H2,1H3;1H/t17-,18-;/m0./s1. The summed E-state index contributed by atoms with van der Waals surface area (Å²) in [5.41, 5.74) is 2.89. The average Bonchev–Trinajstić information content (AvgIpc) is 2.92. The van der Waals surface area contributed by atoms with E-state index in [-0.39, 0.29) is 30.3 Å². The molecule has 4 nitrogen and oxygen atoms in total. The topological polar surface area (TPSA) is 58.2 Å². The predicted molar refractivity (Wildman–Crippen MR) is 101 cm³/mol. The Balaban J connectivity index is 0.00000225. The Morgan fingerprint density at radius 3 is 2.52 bits per heavy atom. The molecular formula is C18H22ClFN2O2S. The highest BCUT2D eigenvalue weighted by atomic mass is 35.5. The van der Waals surface area contributed by atoms with Crippen LogP contribution >= 0.6 is 12.4 Å². The maximum Gasteiger partial charge on any atom is 0.209 e. The lowest BCUT2D eigenvalue weighted by atomic mass is 9.97. The van der Waals surface area contributed by atoms with Gasteiger partial charge in [0.25, 0.3) is 0 Å². The van der Waals surface area contributed by atoms with E-state index >= 15 is 0 Å². The van der Waals surface area contributed by atoms with E-state index in [9.17, 15) is 12.8 Å². The molecule has 25 heavy (non-hydrogen) atoms. The van der Waals surface area contributed by atoms with E-state index in [1.54, 1.807) is 6.07 Å². The minimum Gasteiger partial charge on any atom is -0.312 e. The molecule has 0 aliphatic carbocycles. The summed E-state index contributed by atoms with van der Waals surface area (Å²) in [6, 6.07) is 14.4. The van der Waals surface area contributed by atoms with Crippen LogP contribution in [0.5, 0.6) is 0 Å². The molecule has 0 bridgehead atoms. The number of nitrogens with one attached hydrogen (secondary N) is 2. The van der Waals surface area contributed by atoms with Crippen LogP contribution in [0.25, 0.3) is 11.1 Å². The summed E-state index contributed by atoms with van der Waals surface area (Å²) in [7, 11) is -3.22. The van der Waals surface area contributed by atoms with Crippen LogP contribution in [0.2, 0.25) is 0 Å². The van der Waals surface area contributed by atoms with Gasteiger partial charge in [0.1, 0.15) is 5.82 Å². The summed E-state index contributed by atoms with van der Waals surface area (Å²) in [4.78, 5) is 0. The molecule has 2 aromatic carbocycles. The highest BCUT2D eigenvalue weighted by molar-refractivity contribution is 7.88. The Kier molecular flexibility index (Phi) is 6.57. The first-order valence-electron chi connectivity index (χ1n) is 7.96. The first-order chi connectivity index (χ1) is 11.4. The molecule has 0 radical (unpaired) electrons. The molecule has 1 fully saturated rings. The minimum absolute atomic E-state index is 0. The second kappa shape index (κ2) is 8.27. The molecule has 3 rings (SSSR count). The quantitative estimate of drug-likeness (QED) is 0.833. The van der Waals surface area contributed by atoms with Gasteiger partial charge >= 0.3 is 0 Å². The molecule has 1 heterocycles. The molecule has 2 N–H and O–H groups in total. The van der Waals surface area contributed by atoms with Crippen molar-refractivity contribution in [2.75, 3.05) is 12.8 Å². The third-order valence-electron chi connectivity index (χ3n) is 4.25. The molecule has 0 aromatic heterocycles. The maximum atomic E-state index is 13.4. The second-order valence-electron chi connectivity index (χ2n) is 6.26. The van der Waals surface area contributed by atoms with E-state index < -0.39 is 10.0 Å². The van der Waals surface area contributed by atoms with Gasteiger partial charge in [0.15, 0.2) is 0 Å². The lowest BCUT2D eigenvalue weighted by molar-refractivity contribution is 0.494. The average molecular weight is 385 g/mol. The summed E-state index contributed by atoms with van der Waals surface area (Å²) in [5, 5.41) is 3.36. The predicted octanol–water partition coefficient (Wildman–Crippen LogP) is 2.74. The van der Waals surface area contributed by atoms with Crippen LogP contribution in [0.4, 0.5) is 4.39 Å². The summed E-state index contributed by atoms with van der Waals surface area (Å²) < 4.78 is 39.1. The van der Waals surface area contributed by atoms with E-state index in [1.165, 1.54) is 18.4 Å². The van der Waals surface area contributed by atoms with Crippen LogP contribution in [-0.4, -0.2) is 33.3 Å². The van der Waals surface area contributed by atoms with Gasteiger partial charge in [-0.3, -0.25) is 0 Å². The van der Waals surface area contributed by atoms with Crippen molar-refractivity contribution in [3.8, 4) is 11.1 Å². The SMILES string of the molecule is CS(=O)(=O)N[C@H]1CCN[C@H]1Cc1cccc(-c2cccc(F)c2)c1.Cl. The molecule has 0 saturated carbocycles. The molecule has 0 unspecified atom stereocenters. The van der Waals surface area contributed by atoms with Crippen molar-refractivity contribution in [3.05, 3.63) is 59.9 Å². The third kappa shape index (κ3) is 5.51. The molecule has 1 aliphatic heterocycles. The maximum absolute atomic E-state index is 13.4. The summed E-state index contributed by atoms with van der Waals surface area (Å²) in [6.07, 6.45) is 2.69. The van der Waals surface area contributed by atoms with Crippen molar-refractivity contribution in [2.45, 2.75) is 24.9 Å². The van der Waals surface area contributed by atoms with Crippen molar-refractivity contribution < 1.29 is 12.8 Å². The van der Waals surface area contributed by atoms with Gasteiger partial charge in [-0.15, -0.1) is 12.4 Å². The lowest BCUT2D eigenvalue weighted by Crippen LogP contribution is -2.44. The van der Waals surface area contributed by atoms with Crippen molar-refractivity contribution in [3.63, 3.8) is 0 Å². The van der Waals surface area contributed by atoms with Crippen LogP contribution in [0, 0.1) is 5.82 Å². The highest BCUT2D eigenvalue weighted by Crippen LogP contribution is 2.23. The molecule has 0 spiro atoms. The van der Waals surface area contributed by atoms with E-state index in [1.807, 2.05) is 30.3 Å². The molecule has 0 amide bonds. The Morgan fingerprint density at radius 1 is 1.16 bits per heavy atom. The second-order valence-corrected chi connectivity index (χ2v) is 8.04. The van der Waals surface area contributed by atoms with Crippen LogP contribution in [-0.2, 0) is 16.4 Å². The molecule has 2 aromatic rings. The molecule has 136 valence electrons. The molecular weight excluding hydrogens is 363 g/mol. The van der Waals surface area contributed by atoms with Crippen molar-refractivity contribution in [1.29, 1.82) is 0 Å². The van der Waals surface area contributed by atoms with Gasteiger partial charge in [-0.1, -0.05) is 36.4 Å². The number of halogens is 2. The fourth-order valence-electron chi connectivity index (χ4n) is 3.20. The van der Waals surface area contributed by atoms with E-state index in [0.717, 1.165) is 36.1 Å². The Hall–Kier alpha value is -1.47. The Labute approximate surface area is 154 Å². The van der Waals surface area contributed by atoms with Gasteiger partial charge in [0.2, 0.25) is 10.0 Å². The highest BCUT2D eigenvalue weighted by Gasteiger charge is 2.29. The van der Waals surface area contributed by atoms with Crippen molar-refractivity contribution in [1.82, 2.24) is 10.0 Å². The zero-order valence-electron chi connectivity index (χ0n) is 13.9. The van der Waals surface area contributed by atoms with E-state index in [4.69, 9.17) is 0 Å². The Morgan fingerprint density at radius 2 is 1.84 bits per heavy atom. The van der Waals surface area contributed by atoms with Crippen LogP contribution < -0.4 is 10.0 Å². The van der Waals surface area contributed by atoms with Crippen LogP contribution in [0.15, 0.2) is 48.5 Å². The monoisotopic (exact) mass is 384 g/mol. The number of benzene rings is 2. The first kappa shape index (κ1) is 19.8. The number of rotatable bonds is 5. The fourth-order valence-corrected chi connectivity index (χ4v) is 4.03. The van der Waals surface area contributed by atoms with Gasteiger partial charge < -0.3 is 5.32 Å². The normalized spacial score (nSPS) is 20.2. The number of hydrogen-bond acceptors (Lipinski definition) is 3. The number of sulfonamides is 1. The summed E-state index contributed by atoms with van der Waals surface area (Å²) >= 11 is 0.